The van der Waals surface area contributed by atoms with Crippen LogP contribution >= 0.6 is 0 Å². The van der Waals surface area contributed by atoms with Gasteiger partial charge in [0.1, 0.15) is 18.5 Å². The van der Waals surface area contributed by atoms with Gasteiger partial charge >= 0.3 is 0 Å². The first-order chi connectivity index (χ1) is 10.2. The first-order valence-electron chi connectivity index (χ1n) is 6.21. The van der Waals surface area contributed by atoms with Crippen molar-refractivity contribution in [1.29, 1.82) is 0 Å². The molecule has 3 aromatic rings. The predicted molar refractivity (Wildman–Crippen MR) is 69.7 cm³/mol. The average Bonchev–Trinajstić information content (AvgIpc) is 3.01. The molecule has 21 heavy (non-hydrogen) atoms. The maximum absolute atomic E-state index is 12.9. The van der Waals surface area contributed by atoms with Crippen molar-refractivity contribution in [2.45, 2.75) is 18.6 Å². The van der Waals surface area contributed by atoms with Crippen LogP contribution in [0.5, 0.6) is 0 Å². The lowest BCUT2D eigenvalue weighted by Crippen LogP contribution is -2.32. The summed E-state index contributed by atoms with van der Waals surface area (Å²) in [7, 11) is 0. The third kappa shape index (κ3) is 2.57. The van der Waals surface area contributed by atoms with Gasteiger partial charge in [0.05, 0.1) is 11.2 Å². The first-order valence-corrected chi connectivity index (χ1v) is 6.21. The Kier molecular flexibility index (Phi) is 3.53. The molecular weight excluding hydrogens is 280 g/mol. The molecule has 8 heteroatoms. The molecule has 0 spiro atoms. The highest BCUT2D eigenvalue weighted by atomic mass is 19.3. The Balaban J connectivity index is 2.09. The molecule has 0 amide bonds. The van der Waals surface area contributed by atoms with Gasteiger partial charge < -0.3 is 5.11 Å². The van der Waals surface area contributed by atoms with Crippen molar-refractivity contribution in [1.82, 2.24) is 25.2 Å². The Morgan fingerprint density at radius 2 is 1.90 bits per heavy atom. The summed E-state index contributed by atoms with van der Waals surface area (Å²) >= 11 is 0. The molecule has 0 aliphatic rings. The van der Waals surface area contributed by atoms with E-state index in [0.717, 1.165) is 10.1 Å². The van der Waals surface area contributed by atoms with Crippen molar-refractivity contribution >= 4 is 10.9 Å². The molecule has 6 nitrogen and oxygen atoms in total. The van der Waals surface area contributed by atoms with Crippen LogP contribution in [0.15, 0.2) is 42.7 Å². The zero-order chi connectivity index (χ0) is 14.8. The summed E-state index contributed by atoms with van der Waals surface area (Å²) in [4.78, 5) is 4.33. The van der Waals surface area contributed by atoms with E-state index in [9.17, 15) is 13.9 Å². The minimum atomic E-state index is -2.94. The second-order valence-electron chi connectivity index (χ2n) is 4.49. The number of tetrazole rings is 1. The van der Waals surface area contributed by atoms with Gasteiger partial charge in [-0.1, -0.05) is 24.3 Å². The van der Waals surface area contributed by atoms with E-state index in [-0.39, 0.29) is 5.69 Å². The third-order valence-electron chi connectivity index (χ3n) is 3.15. The summed E-state index contributed by atoms with van der Waals surface area (Å²) in [5.41, 5.74) is 0.920. The highest BCUT2D eigenvalue weighted by Gasteiger charge is 2.32. The van der Waals surface area contributed by atoms with Gasteiger partial charge in [0.2, 0.25) is 0 Å². The minimum Gasteiger partial charge on any atom is -0.384 e. The molecule has 1 aromatic carbocycles. The molecule has 0 saturated heterocycles. The summed E-state index contributed by atoms with van der Waals surface area (Å²) in [5, 5.41) is 21.1. The molecule has 0 fully saturated rings. The molecule has 0 radical (unpaired) electrons. The van der Waals surface area contributed by atoms with Gasteiger partial charge in [0.25, 0.3) is 6.43 Å². The number of fused-ring (bicyclic) bond motifs is 1. The number of halogens is 2. The summed E-state index contributed by atoms with van der Waals surface area (Å²) in [5.74, 6) is 0. The number of hydrogen-bond donors (Lipinski definition) is 1. The minimum absolute atomic E-state index is 0.272. The van der Waals surface area contributed by atoms with E-state index < -0.39 is 18.6 Å². The molecule has 2 unspecified atom stereocenters. The van der Waals surface area contributed by atoms with Crippen molar-refractivity contribution in [3.8, 4) is 0 Å². The topological polar surface area (TPSA) is 76.7 Å². The van der Waals surface area contributed by atoms with Crippen LogP contribution in [-0.2, 0) is 0 Å². The molecular formula is C13H11F2N5O. The predicted octanol–water partition coefficient (Wildman–Crippen LogP) is 1.44. The zero-order valence-electron chi connectivity index (χ0n) is 10.7. The smallest absolute Gasteiger partial charge is 0.266 e. The molecule has 108 valence electrons. The van der Waals surface area contributed by atoms with E-state index in [2.05, 4.69) is 20.5 Å². The number of pyridine rings is 1. The fourth-order valence-corrected chi connectivity index (χ4v) is 2.15. The van der Waals surface area contributed by atoms with Gasteiger partial charge in [-0.3, -0.25) is 4.98 Å². The molecule has 2 heterocycles. The zero-order valence-corrected chi connectivity index (χ0v) is 10.7. The Morgan fingerprint density at radius 1 is 1.10 bits per heavy atom. The van der Waals surface area contributed by atoms with E-state index in [4.69, 9.17) is 0 Å². The fraction of sp³-hybridized carbons (Fsp3) is 0.231. The van der Waals surface area contributed by atoms with Gasteiger partial charge in [-0.15, -0.1) is 5.10 Å². The van der Waals surface area contributed by atoms with E-state index in [1.807, 2.05) is 12.1 Å². The molecule has 0 bridgehead atoms. The number of aliphatic hydroxyl groups is 1. The van der Waals surface area contributed by atoms with Crippen molar-refractivity contribution in [2.24, 2.45) is 0 Å². The summed E-state index contributed by atoms with van der Waals surface area (Å²) in [6, 6.07) is 9.48. The highest BCUT2D eigenvalue weighted by molar-refractivity contribution is 5.78. The maximum atomic E-state index is 12.9. The quantitative estimate of drug-likeness (QED) is 0.787. The molecule has 0 aliphatic heterocycles. The molecule has 3 rings (SSSR count). The second-order valence-corrected chi connectivity index (χ2v) is 4.49. The second kappa shape index (κ2) is 5.49. The van der Waals surface area contributed by atoms with Gasteiger partial charge in [0, 0.05) is 5.39 Å². The lowest BCUT2D eigenvalue weighted by atomic mass is 10.1. The number of alkyl halides is 2. The highest BCUT2D eigenvalue weighted by Crippen LogP contribution is 2.25. The van der Waals surface area contributed by atoms with Crippen LogP contribution in [0.2, 0.25) is 0 Å². The van der Waals surface area contributed by atoms with Crippen molar-refractivity contribution < 1.29 is 13.9 Å². The van der Waals surface area contributed by atoms with E-state index >= 15 is 0 Å². The lowest BCUT2D eigenvalue weighted by molar-refractivity contribution is -0.0291. The average molecular weight is 291 g/mol. The number of nitrogens with zero attached hydrogens (tertiary/aromatic N) is 5. The fourth-order valence-electron chi connectivity index (χ4n) is 2.15. The van der Waals surface area contributed by atoms with Gasteiger partial charge in [-0.25, -0.2) is 13.5 Å². The standard InChI is InChI=1S/C13H11F2N5O/c14-13(15)12(21)11(20-7-16-18-19-20)10-6-5-8-3-1-2-4-9(8)17-10/h1-7,11-13,21H. The van der Waals surface area contributed by atoms with Crippen LogP contribution in [-0.4, -0.2) is 42.8 Å². The van der Waals surface area contributed by atoms with Gasteiger partial charge in [-0.2, -0.15) is 0 Å². The molecule has 0 aliphatic carbocycles. The van der Waals surface area contributed by atoms with E-state index in [0.29, 0.717) is 5.52 Å². The van der Waals surface area contributed by atoms with E-state index in [1.54, 1.807) is 24.3 Å². The van der Waals surface area contributed by atoms with Crippen LogP contribution in [0.25, 0.3) is 10.9 Å². The van der Waals surface area contributed by atoms with Crippen LogP contribution in [0.4, 0.5) is 8.78 Å². The number of aliphatic hydroxyl groups excluding tert-OH is 1. The summed E-state index contributed by atoms with van der Waals surface area (Å²) in [6.45, 7) is 0. The number of rotatable bonds is 4. The summed E-state index contributed by atoms with van der Waals surface area (Å²) in [6.07, 6.45) is -3.72. The molecule has 2 atom stereocenters. The summed E-state index contributed by atoms with van der Waals surface area (Å²) < 4.78 is 26.9. The molecule has 0 saturated carbocycles. The Hall–Kier alpha value is -2.48. The number of para-hydroxylation sites is 1. The van der Waals surface area contributed by atoms with Crippen LogP contribution < -0.4 is 0 Å². The largest absolute Gasteiger partial charge is 0.384 e. The third-order valence-corrected chi connectivity index (χ3v) is 3.15. The van der Waals surface area contributed by atoms with Crippen molar-refractivity contribution in [3.05, 3.63) is 48.4 Å². The SMILES string of the molecule is OC(C(F)F)C(c1ccc2ccccc2n1)n1cnnn1. The number of hydrogen-bond acceptors (Lipinski definition) is 5. The monoisotopic (exact) mass is 291 g/mol. The normalized spacial score (nSPS) is 14.5. The van der Waals surface area contributed by atoms with E-state index in [1.165, 1.54) is 6.33 Å². The van der Waals surface area contributed by atoms with Crippen LogP contribution in [0, 0.1) is 0 Å². The molecule has 2 aromatic heterocycles. The Labute approximate surface area is 118 Å². The number of benzene rings is 1. The van der Waals surface area contributed by atoms with Crippen molar-refractivity contribution in [2.75, 3.05) is 0 Å². The Morgan fingerprint density at radius 3 is 2.62 bits per heavy atom. The Bertz CT molecular complexity index is 734. The maximum Gasteiger partial charge on any atom is 0.266 e. The van der Waals surface area contributed by atoms with Gasteiger partial charge in [-0.05, 0) is 22.6 Å². The number of aromatic nitrogens is 5. The van der Waals surface area contributed by atoms with Crippen LogP contribution in [0.3, 0.4) is 0 Å². The van der Waals surface area contributed by atoms with Gasteiger partial charge in [0.15, 0.2) is 0 Å². The van der Waals surface area contributed by atoms with Crippen LogP contribution in [0.1, 0.15) is 11.7 Å². The first kappa shape index (κ1) is 13.5. The van der Waals surface area contributed by atoms with Crippen molar-refractivity contribution in [3.63, 3.8) is 0 Å². The molecule has 1 N–H and O–H groups in total. The lowest BCUT2D eigenvalue weighted by Gasteiger charge is -2.21.